The van der Waals surface area contributed by atoms with Crippen LogP contribution in [0, 0.1) is 0 Å². The molecular weight excluding hydrogens is 308 g/mol. The average Bonchev–Trinajstić information content (AvgIpc) is 2.69. The summed E-state index contributed by atoms with van der Waals surface area (Å²) in [5.74, 6) is 0.432. The van der Waals surface area contributed by atoms with Gasteiger partial charge in [0.25, 0.3) is 0 Å². The highest BCUT2D eigenvalue weighted by Gasteiger charge is 2.14. The Kier molecular flexibility index (Phi) is 2.83. The van der Waals surface area contributed by atoms with Crippen molar-refractivity contribution in [1.29, 1.82) is 0 Å². The van der Waals surface area contributed by atoms with Crippen LogP contribution in [0.5, 0.6) is 0 Å². The SMILES string of the molecule is Nc1nc(N)c2nc(Br)n(Cc3ccccc3)c2n1. The van der Waals surface area contributed by atoms with Crippen LogP contribution in [0.1, 0.15) is 5.56 Å². The smallest absolute Gasteiger partial charge is 0.224 e. The highest BCUT2D eigenvalue weighted by Crippen LogP contribution is 2.23. The first-order chi connectivity index (χ1) is 9.15. The largest absolute Gasteiger partial charge is 0.382 e. The van der Waals surface area contributed by atoms with Crippen molar-refractivity contribution in [3.05, 3.63) is 40.6 Å². The number of nitrogens with zero attached hydrogens (tertiary/aromatic N) is 4. The van der Waals surface area contributed by atoms with Crippen molar-refractivity contribution < 1.29 is 0 Å². The first kappa shape index (κ1) is 11.9. The molecule has 0 bridgehead atoms. The molecular formula is C12H11BrN6. The first-order valence-electron chi connectivity index (χ1n) is 5.64. The number of imidazole rings is 1. The number of anilines is 2. The Morgan fingerprint density at radius 2 is 1.79 bits per heavy atom. The molecule has 0 aliphatic heterocycles. The molecule has 1 aromatic carbocycles. The summed E-state index contributed by atoms with van der Waals surface area (Å²) in [4.78, 5) is 12.4. The Morgan fingerprint density at radius 3 is 2.53 bits per heavy atom. The van der Waals surface area contributed by atoms with Crippen molar-refractivity contribution in [2.45, 2.75) is 6.54 Å². The molecule has 0 unspecified atom stereocenters. The fraction of sp³-hybridized carbons (Fsp3) is 0.0833. The van der Waals surface area contributed by atoms with Gasteiger partial charge in [-0.3, -0.25) is 4.57 Å². The summed E-state index contributed by atoms with van der Waals surface area (Å²) in [6.45, 7) is 0.633. The fourth-order valence-corrected chi connectivity index (χ4v) is 2.39. The number of rotatable bonds is 2. The second-order valence-corrected chi connectivity index (χ2v) is 4.80. The number of benzene rings is 1. The van der Waals surface area contributed by atoms with Gasteiger partial charge in [0.15, 0.2) is 21.7 Å². The van der Waals surface area contributed by atoms with Crippen molar-refractivity contribution in [3.8, 4) is 0 Å². The van der Waals surface area contributed by atoms with Crippen molar-refractivity contribution >= 4 is 38.9 Å². The molecule has 7 heteroatoms. The minimum Gasteiger partial charge on any atom is -0.382 e. The predicted molar refractivity (Wildman–Crippen MR) is 77.4 cm³/mol. The third-order valence-corrected chi connectivity index (χ3v) is 3.38. The van der Waals surface area contributed by atoms with Crippen LogP contribution in [-0.4, -0.2) is 19.5 Å². The quantitative estimate of drug-likeness (QED) is 0.702. The summed E-state index contributed by atoms with van der Waals surface area (Å²) in [5.41, 5.74) is 13.8. The van der Waals surface area contributed by atoms with E-state index in [4.69, 9.17) is 11.5 Å². The molecule has 3 aromatic rings. The van der Waals surface area contributed by atoms with Crippen LogP contribution in [0.4, 0.5) is 11.8 Å². The van der Waals surface area contributed by atoms with E-state index in [1.165, 1.54) is 0 Å². The van der Waals surface area contributed by atoms with Crippen LogP contribution >= 0.6 is 15.9 Å². The molecule has 96 valence electrons. The Bertz CT molecular complexity index is 737. The second kappa shape index (κ2) is 4.51. The molecule has 6 nitrogen and oxygen atoms in total. The number of hydrogen-bond acceptors (Lipinski definition) is 5. The molecule has 0 amide bonds. The minimum atomic E-state index is 0.145. The van der Waals surface area contributed by atoms with Crippen molar-refractivity contribution in [2.24, 2.45) is 0 Å². The Balaban J connectivity index is 2.15. The summed E-state index contributed by atoms with van der Waals surface area (Å²) in [6.07, 6.45) is 0. The zero-order valence-electron chi connectivity index (χ0n) is 9.92. The van der Waals surface area contributed by atoms with E-state index in [-0.39, 0.29) is 11.8 Å². The van der Waals surface area contributed by atoms with E-state index in [1.807, 2.05) is 34.9 Å². The molecule has 2 heterocycles. The number of nitrogen functional groups attached to an aromatic ring is 2. The van der Waals surface area contributed by atoms with E-state index in [0.29, 0.717) is 22.4 Å². The van der Waals surface area contributed by atoms with Crippen LogP contribution in [0.15, 0.2) is 35.1 Å². The lowest BCUT2D eigenvalue weighted by atomic mass is 10.2. The molecule has 2 aromatic heterocycles. The zero-order chi connectivity index (χ0) is 13.4. The highest BCUT2D eigenvalue weighted by atomic mass is 79.9. The highest BCUT2D eigenvalue weighted by molar-refractivity contribution is 9.10. The van der Waals surface area contributed by atoms with Gasteiger partial charge in [0.1, 0.15) is 0 Å². The summed E-state index contributed by atoms with van der Waals surface area (Å²) in [5, 5.41) is 0. The monoisotopic (exact) mass is 318 g/mol. The summed E-state index contributed by atoms with van der Waals surface area (Å²) >= 11 is 3.41. The number of hydrogen-bond donors (Lipinski definition) is 2. The van der Waals surface area contributed by atoms with Crippen molar-refractivity contribution in [1.82, 2.24) is 19.5 Å². The molecule has 0 aliphatic carbocycles. The molecule has 0 atom stereocenters. The van der Waals surface area contributed by atoms with Gasteiger partial charge in [0.05, 0.1) is 6.54 Å². The normalized spacial score (nSPS) is 11.0. The van der Waals surface area contributed by atoms with Gasteiger partial charge in [-0.15, -0.1) is 0 Å². The van der Waals surface area contributed by atoms with E-state index in [2.05, 4.69) is 30.9 Å². The van der Waals surface area contributed by atoms with E-state index >= 15 is 0 Å². The van der Waals surface area contributed by atoms with Crippen LogP contribution in [0.2, 0.25) is 0 Å². The lowest BCUT2D eigenvalue weighted by Gasteiger charge is -2.05. The number of halogens is 1. The number of fused-ring (bicyclic) bond motifs is 1. The molecule has 0 fully saturated rings. The molecule has 3 rings (SSSR count). The third kappa shape index (κ3) is 2.12. The second-order valence-electron chi connectivity index (χ2n) is 4.09. The van der Waals surface area contributed by atoms with Gasteiger partial charge in [-0.2, -0.15) is 9.97 Å². The maximum absolute atomic E-state index is 5.80. The van der Waals surface area contributed by atoms with Crippen LogP contribution < -0.4 is 11.5 Å². The van der Waals surface area contributed by atoms with E-state index in [0.717, 1.165) is 5.56 Å². The number of nitrogens with two attached hydrogens (primary N) is 2. The minimum absolute atomic E-state index is 0.145. The van der Waals surface area contributed by atoms with Crippen LogP contribution in [0.3, 0.4) is 0 Å². The zero-order valence-corrected chi connectivity index (χ0v) is 11.5. The average molecular weight is 319 g/mol. The lowest BCUT2D eigenvalue weighted by molar-refractivity contribution is 0.791. The van der Waals surface area contributed by atoms with Gasteiger partial charge in [0, 0.05) is 0 Å². The van der Waals surface area contributed by atoms with Gasteiger partial charge < -0.3 is 11.5 Å². The summed E-state index contributed by atoms with van der Waals surface area (Å²) in [6, 6.07) is 10.0. The molecule has 4 N–H and O–H groups in total. The standard InChI is InChI=1S/C12H11BrN6/c13-11-16-8-9(14)17-12(15)18-10(8)19(11)6-7-4-2-1-3-5-7/h1-5H,6H2,(H4,14,15,17,18). The molecule has 0 saturated heterocycles. The van der Waals surface area contributed by atoms with Gasteiger partial charge in [0.2, 0.25) is 5.95 Å². The molecule has 0 radical (unpaired) electrons. The van der Waals surface area contributed by atoms with E-state index in [1.54, 1.807) is 0 Å². The Labute approximate surface area is 117 Å². The molecule has 19 heavy (non-hydrogen) atoms. The van der Waals surface area contributed by atoms with Gasteiger partial charge in [-0.25, -0.2) is 4.98 Å². The summed E-state index contributed by atoms with van der Waals surface area (Å²) in [7, 11) is 0. The Morgan fingerprint density at radius 1 is 1.05 bits per heavy atom. The molecule has 0 saturated carbocycles. The van der Waals surface area contributed by atoms with Crippen LogP contribution in [-0.2, 0) is 6.54 Å². The van der Waals surface area contributed by atoms with Gasteiger partial charge in [-0.05, 0) is 21.5 Å². The predicted octanol–water partition coefficient (Wildman–Crippen LogP) is 1.80. The molecule has 0 aliphatic rings. The topological polar surface area (TPSA) is 95.6 Å². The van der Waals surface area contributed by atoms with Crippen molar-refractivity contribution in [3.63, 3.8) is 0 Å². The molecule has 0 spiro atoms. The maximum Gasteiger partial charge on any atom is 0.224 e. The fourth-order valence-electron chi connectivity index (χ4n) is 1.92. The first-order valence-corrected chi connectivity index (χ1v) is 6.43. The van der Waals surface area contributed by atoms with E-state index < -0.39 is 0 Å². The third-order valence-electron chi connectivity index (χ3n) is 2.78. The lowest BCUT2D eigenvalue weighted by Crippen LogP contribution is -2.04. The van der Waals surface area contributed by atoms with Gasteiger partial charge >= 0.3 is 0 Å². The maximum atomic E-state index is 5.80. The Hall–Kier alpha value is -2.15. The van der Waals surface area contributed by atoms with Crippen LogP contribution in [0.25, 0.3) is 11.2 Å². The van der Waals surface area contributed by atoms with Crippen molar-refractivity contribution in [2.75, 3.05) is 11.5 Å². The van der Waals surface area contributed by atoms with E-state index in [9.17, 15) is 0 Å². The summed E-state index contributed by atoms with van der Waals surface area (Å²) < 4.78 is 2.55. The number of aromatic nitrogens is 4. The van der Waals surface area contributed by atoms with Gasteiger partial charge in [-0.1, -0.05) is 30.3 Å².